The zero-order chi connectivity index (χ0) is 14.7. The molecule has 0 radical (unpaired) electrons. The van der Waals surface area contributed by atoms with Crippen molar-refractivity contribution in [3.63, 3.8) is 0 Å². The van der Waals surface area contributed by atoms with Crippen molar-refractivity contribution in [3.8, 4) is 0 Å². The SMILES string of the molecule is CSc1ccc(C)cc1NS(=O)c1ccc(F)cc1F. The van der Waals surface area contributed by atoms with E-state index in [1.165, 1.54) is 17.8 Å². The van der Waals surface area contributed by atoms with E-state index in [9.17, 15) is 13.0 Å². The van der Waals surface area contributed by atoms with E-state index in [0.717, 1.165) is 22.6 Å². The third-order valence-electron chi connectivity index (χ3n) is 2.65. The smallest absolute Gasteiger partial charge is 0.153 e. The van der Waals surface area contributed by atoms with Crippen molar-refractivity contribution in [1.29, 1.82) is 0 Å². The number of rotatable bonds is 4. The molecule has 2 nitrogen and oxygen atoms in total. The summed E-state index contributed by atoms with van der Waals surface area (Å²) in [4.78, 5) is 0.839. The van der Waals surface area contributed by atoms with Gasteiger partial charge in [-0.15, -0.1) is 11.8 Å². The zero-order valence-corrected chi connectivity index (χ0v) is 12.6. The highest BCUT2D eigenvalue weighted by Gasteiger charge is 2.13. The number of hydrogen-bond acceptors (Lipinski definition) is 2. The van der Waals surface area contributed by atoms with Crippen LogP contribution in [0.1, 0.15) is 5.56 Å². The molecule has 1 unspecified atom stereocenters. The molecule has 0 heterocycles. The van der Waals surface area contributed by atoms with Gasteiger partial charge in [0.15, 0.2) is 11.0 Å². The predicted octanol–water partition coefficient (Wildman–Crippen LogP) is 4.13. The number of benzene rings is 2. The van der Waals surface area contributed by atoms with E-state index >= 15 is 0 Å². The maximum absolute atomic E-state index is 13.6. The molecule has 1 atom stereocenters. The molecule has 0 amide bonds. The summed E-state index contributed by atoms with van der Waals surface area (Å²) in [6.45, 7) is 1.91. The lowest BCUT2D eigenvalue weighted by molar-refractivity contribution is 0.562. The van der Waals surface area contributed by atoms with E-state index in [-0.39, 0.29) is 4.90 Å². The summed E-state index contributed by atoms with van der Waals surface area (Å²) in [6.07, 6.45) is 1.90. The van der Waals surface area contributed by atoms with Gasteiger partial charge in [-0.25, -0.2) is 13.0 Å². The van der Waals surface area contributed by atoms with Gasteiger partial charge in [0.1, 0.15) is 11.6 Å². The van der Waals surface area contributed by atoms with Crippen molar-refractivity contribution in [3.05, 3.63) is 53.6 Å². The van der Waals surface area contributed by atoms with Crippen molar-refractivity contribution in [1.82, 2.24) is 0 Å². The number of halogens is 2. The molecule has 0 saturated heterocycles. The van der Waals surface area contributed by atoms with Crippen LogP contribution < -0.4 is 4.72 Å². The van der Waals surface area contributed by atoms with Gasteiger partial charge < -0.3 is 0 Å². The highest BCUT2D eigenvalue weighted by atomic mass is 32.2. The van der Waals surface area contributed by atoms with Crippen molar-refractivity contribution >= 4 is 28.4 Å². The summed E-state index contributed by atoms with van der Waals surface area (Å²) in [5.74, 6) is -1.52. The molecule has 106 valence electrons. The van der Waals surface area contributed by atoms with Gasteiger partial charge in [-0.3, -0.25) is 4.72 Å². The Hall–Kier alpha value is -1.40. The average molecular weight is 313 g/mol. The van der Waals surface area contributed by atoms with Crippen molar-refractivity contribution in [2.45, 2.75) is 16.7 Å². The Morgan fingerprint density at radius 2 is 1.90 bits per heavy atom. The van der Waals surface area contributed by atoms with Gasteiger partial charge in [0, 0.05) is 11.0 Å². The van der Waals surface area contributed by atoms with Crippen LogP contribution in [0.3, 0.4) is 0 Å². The Kier molecular flexibility index (Phi) is 4.77. The van der Waals surface area contributed by atoms with Gasteiger partial charge in [-0.2, -0.15) is 0 Å². The van der Waals surface area contributed by atoms with Gasteiger partial charge in [-0.05, 0) is 43.0 Å². The van der Waals surface area contributed by atoms with Crippen LogP contribution in [0.4, 0.5) is 14.5 Å². The second kappa shape index (κ2) is 6.37. The fraction of sp³-hybridized carbons (Fsp3) is 0.143. The lowest BCUT2D eigenvalue weighted by Gasteiger charge is -2.11. The minimum absolute atomic E-state index is 0.0695. The summed E-state index contributed by atoms with van der Waals surface area (Å²) >= 11 is 1.50. The summed E-state index contributed by atoms with van der Waals surface area (Å²) < 4.78 is 41.4. The Balaban J connectivity index is 2.30. The molecule has 2 aromatic rings. The van der Waals surface area contributed by atoms with Crippen LogP contribution in [-0.2, 0) is 11.0 Å². The molecule has 20 heavy (non-hydrogen) atoms. The van der Waals surface area contributed by atoms with Gasteiger partial charge >= 0.3 is 0 Å². The van der Waals surface area contributed by atoms with E-state index in [1.807, 2.05) is 31.4 Å². The lowest BCUT2D eigenvalue weighted by atomic mass is 10.2. The standard InChI is InChI=1S/C14H13F2NOS2/c1-9-3-5-13(19-2)12(7-9)17-20(18)14-6-4-10(15)8-11(14)16/h3-8,17H,1-2H3. The molecule has 0 aliphatic rings. The van der Waals surface area contributed by atoms with Crippen LogP contribution in [0.15, 0.2) is 46.2 Å². The second-order valence-electron chi connectivity index (χ2n) is 4.15. The first-order chi connectivity index (χ1) is 9.51. The van der Waals surface area contributed by atoms with Crippen LogP contribution in [0.2, 0.25) is 0 Å². The van der Waals surface area contributed by atoms with E-state index in [4.69, 9.17) is 0 Å². The first kappa shape index (κ1) is 15.0. The van der Waals surface area contributed by atoms with Crippen molar-refractivity contribution in [2.75, 3.05) is 11.0 Å². The summed E-state index contributed by atoms with van der Waals surface area (Å²) in [6, 6.07) is 8.68. The Bertz CT molecular complexity index is 662. The molecule has 0 spiro atoms. The predicted molar refractivity (Wildman–Crippen MR) is 79.3 cm³/mol. The fourth-order valence-corrected chi connectivity index (χ4v) is 3.19. The number of nitrogens with one attached hydrogen (secondary N) is 1. The Morgan fingerprint density at radius 1 is 1.15 bits per heavy atom. The van der Waals surface area contributed by atoms with Crippen LogP contribution in [0.5, 0.6) is 0 Å². The molecule has 0 saturated carbocycles. The quantitative estimate of drug-likeness (QED) is 0.860. The second-order valence-corrected chi connectivity index (χ2v) is 6.18. The summed E-state index contributed by atoms with van der Waals surface area (Å²) in [7, 11) is -1.78. The number of hydrogen-bond donors (Lipinski definition) is 1. The third kappa shape index (κ3) is 3.37. The van der Waals surface area contributed by atoms with Crippen LogP contribution in [0, 0.1) is 18.6 Å². The molecule has 0 aromatic heterocycles. The topological polar surface area (TPSA) is 29.1 Å². The zero-order valence-electron chi connectivity index (χ0n) is 10.9. The van der Waals surface area contributed by atoms with Crippen molar-refractivity contribution < 1.29 is 13.0 Å². The van der Waals surface area contributed by atoms with E-state index in [1.54, 1.807) is 0 Å². The number of anilines is 1. The molecule has 2 aromatic carbocycles. The highest BCUT2D eigenvalue weighted by molar-refractivity contribution is 7.98. The molecule has 0 bridgehead atoms. The third-order valence-corrected chi connectivity index (χ3v) is 4.58. The largest absolute Gasteiger partial charge is 0.300 e. The average Bonchev–Trinajstić information content (AvgIpc) is 2.38. The van der Waals surface area contributed by atoms with Crippen molar-refractivity contribution in [2.24, 2.45) is 0 Å². The Labute approximate surface area is 123 Å². The number of thioether (sulfide) groups is 1. The normalized spacial score (nSPS) is 12.2. The molecule has 6 heteroatoms. The molecule has 0 aliphatic heterocycles. The molecular weight excluding hydrogens is 300 g/mol. The summed E-state index contributed by atoms with van der Waals surface area (Å²) in [5, 5.41) is 0. The minimum atomic E-state index is -1.78. The van der Waals surface area contributed by atoms with E-state index in [0.29, 0.717) is 5.69 Å². The van der Waals surface area contributed by atoms with Crippen LogP contribution in [0.25, 0.3) is 0 Å². The van der Waals surface area contributed by atoms with Gasteiger partial charge in [0.05, 0.1) is 10.6 Å². The molecule has 1 N–H and O–H groups in total. The first-order valence-electron chi connectivity index (χ1n) is 5.79. The maximum Gasteiger partial charge on any atom is 0.153 e. The highest BCUT2D eigenvalue weighted by Crippen LogP contribution is 2.28. The molecule has 2 rings (SSSR count). The monoisotopic (exact) mass is 313 g/mol. The fourth-order valence-electron chi connectivity index (χ4n) is 1.68. The molecular formula is C14H13F2NOS2. The van der Waals surface area contributed by atoms with Crippen LogP contribution >= 0.6 is 11.8 Å². The maximum atomic E-state index is 13.6. The molecule has 0 fully saturated rings. The van der Waals surface area contributed by atoms with E-state index in [2.05, 4.69) is 4.72 Å². The van der Waals surface area contributed by atoms with Gasteiger partial charge in [0.2, 0.25) is 0 Å². The Morgan fingerprint density at radius 3 is 2.55 bits per heavy atom. The van der Waals surface area contributed by atoms with Gasteiger partial charge in [-0.1, -0.05) is 6.07 Å². The first-order valence-corrected chi connectivity index (χ1v) is 8.17. The molecule has 0 aliphatic carbocycles. The minimum Gasteiger partial charge on any atom is -0.300 e. The lowest BCUT2D eigenvalue weighted by Crippen LogP contribution is -2.08. The van der Waals surface area contributed by atoms with E-state index < -0.39 is 22.6 Å². The summed E-state index contributed by atoms with van der Waals surface area (Å²) in [5.41, 5.74) is 1.67. The van der Waals surface area contributed by atoms with Crippen LogP contribution in [-0.4, -0.2) is 10.5 Å². The van der Waals surface area contributed by atoms with Gasteiger partial charge in [0.25, 0.3) is 0 Å². The number of aryl methyl sites for hydroxylation is 1.